The van der Waals surface area contributed by atoms with E-state index in [4.69, 9.17) is 11.6 Å². The molecule has 3 rings (SSSR count). The fraction of sp³-hybridized carbons (Fsp3) is 0.500. The monoisotopic (exact) mass is 304 g/mol. The molecule has 2 unspecified atom stereocenters. The predicted molar refractivity (Wildman–Crippen MR) is 84.3 cm³/mol. The van der Waals surface area contributed by atoms with Crippen molar-refractivity contribution in [3.63, 3.8) is 0 Å². The van der Waals surface area contributed by atoms with Crippen molar-refractivity contribution in [3.05, 3.63) is 46.5 Å². The Balaban J connectivity index is 1.92. The Labute approximate surface area is 130 Å². The molecule has 1 saturated heterocycles. The summed E-state index contributed by atoms with van der Waals surface area (Å²) in [5, 5.41) is 5.23. The highest BCUT2D eigenvalue weighted by Crippen LogP contribution is 2.41. The molecule has 5 heteroatoms. The number of likely N-dealkylation sites (tertiary alicyclic amines) is 1. The summed E-state index contributed by atoms with van der Waals surface area (Å²) in [5.41, 5.74) is 3.48. The molecule has 1 fully saturated rings. The molecule has 3 heterocycles. The predicted octanol–water partition coefficient (Wildman–Crippen LogP) is 3.68. The van der Waals surface area contributed by atoms with Gasteiger partial charge in [-0.2, -0.15) is 5.10 Å². The summed E-state index contributed by atoms with van der Waals surface area (Å²) in [4.78, 5) is 6.77. The van der Waals surface area contributed by atoms with E-state index in [2.05, 4.69) is 28.0 Å². The highest BCUT2D eigenvalue weighted by atomic mass is 35.5. The van der Waals surface area contributed by atoms with Crippen LogP contribution in [0.1, 0.15) is 48.7 Å². The van der Waals surface area contributed by atoms with Gasteiger partial charge in [0, 0.05) is 37.1 Å². The van der Waals surface area contributed by atoms with E-state index in [9.17, 15) is 0 Å². The van der Waals surface area contributed by atoms with E-state index in [0.717, 1.165) is 23.8 Å². The Morgan fingerprint density at radius 3 is 2.86 bits per heavy atom. The maximum atomic E-state index is 6.47. The first-order valence-corrected chi connectivity index (χ1v) is 7.82. The normalized spacial score (nSPS) is 20.9. The molecule has 21 heavy (non-hydrogen) atoms. The Morgan fingerprint density at radius 1 is 1.43 bits per heavy atom. The third-order valence-corrected chi connectivity index (χ3v) is 4.94. The molecule has 2 atom stereocenters. The Kier molecular flexibility index (Phi) is 4.00. The highest BCUT2D eigenvalue weighted by molar-refractivity contribution is 6.30. The fourth-order valence-corrected chi connectivity index (χ4v) is 3.70. The van der Waals surface area contributed by atoms with Crippen LogP contribution in [0, 0.1) is 6.92 Å². The number of aromatic nitrogens is 3. The van der Waals surface area contributed by atoms with Gasteiger partial charge in [-0.05, 0) is 44.9 Å². The molecular formula is C16H21ClN4. The third-order valence-electron chi connectivity index (χ3n) is 4.49. The molecule has 2 aromatic rings. The van der Waals surface area contributed by atoms with Crippen molar-refractivity contribution < 1.29 is 0 Å². The molecule has 1 aliphatic rings. The SMILES string of the molecule is Cc1nn(C)c(Cl)c1C1CCCN1C(C)c1cccnc1. The van der Waals surface area contributed by atoms with Gasteiger partial charge >= 0.3 is 0 Å². The summed E-state index contributed by atoms with van der Waals surface area (Å²) in [6.07, 6.45) is 6.11. The van der Waals surface area contributed by atoms with Crippen molar-refractivity contribution in [1.29, 1.82) is 0 Å². The second kappa shape index (κ2) is 5.78. The van der Waals surface area contributed by atoms with Crippen LogP contribution in [0.2, 0.25) is 5.15 Å². The quantitative estimate of drug-likeness (QED) is 0.867. The zero-order chi connectivity index (χ0) is 15.0. The third kappa shape index (κ3) is 2.58. The van der Waals surface area contributed by atoms with Crippen LogP contribution in [0.4, 0.5) is 0 Å². The van der Waals surface area contributed by atoms with Crippen LogP contribution in [-0.2, 0) is 7.05 Å². The summed E-state index contributed by atoms with van der Waals surface area (Å²) in [7, 11) is 1.91. The second-order valence-electron chi connectivity index (χ2n) is 5.77. The number of pyridine rings is 1. The average Bonchev–Trinajstić information content (AvgIpc) is 3.05. The lowest BCUT2D eigenvalue weighted by molar-refractivity contribution is 0.193. The van der Waals surface area contributed by atoms with E-state index in [1.54, 1.807) is 4.68 Å². The topological polar surface area (TPSA) is 34.0 Å². The summed E-state index contributed by atoms with van der Waals surface area (Å²) >= 11 is 6.47. The van der Waals surface area contributed by atoms with E-state index in [0.29, 0.717) is 12.1 Å². The lowest BCUT2D eigenvalue weighted by atomic mass is 10.0. The smallest absolute Gasteiger partial charge is 0.131 e. The van der Waals surface area contributed by atoms with Crippen molar-refractivity contribution in [1.82, 2.24) is 19.7 Å². The first-order chi connectivity index (χ1) is 10.1. The molecule has 0 saturated carbocycles. The molecule has 0 aliphatic carbocycles. The molecular weight excluding hydrogens is 284 g/mol. The molecule has 112 valence electrons. The number of hydrogen-bond donors (Lipinski definition) is 0. The van der Waals surface area contributed by atoms with Crippen molar-refractivity contribution in [2.45, 2.75) is 38.8 Å². The summed E-state index contributed by atoms with van der Waals surface area (Å²) in [6, 6.07) is 4.83. The van der Waals surface area contributed by atoms with Crippen LogP contribution in [-0.4, -0.2) is 26.2 Å². The average molecular weight is 305 g/mol. The lowest BCUT2D eigenvalue weighted by Crippen LogP contribution is -2.27. The zero-order valence-corrected chi connectivity index (χ0v) is 13.5. The Bertz CT molecular complexity index is 623. The second-order valence-corrected chi connectivity index (χ2v) is 6.13. The summed E-state index contributed by atoms with van der Waals surface area (Å²) in [6.45, 7) is 5.38. The number of halogens is 1. The lowest BCUT2D eigenvalue weighted by Gasteiger charge is -2.31. The van der Waals surface area contributed by atoms with Gasteiger partial charge in [-0.25, -0.2) is 0 Å². The van der Waals surface area contributed by atoms with E-state index >= 15 is 0 Å². The van der Waals surface area contributed by atoms with E-state index < -0.39 is 0 Å². The molecule has 1 aliphatic heterocycles. The summed E-state index contributed by atoms with van der Waals surface area (Å²) in [5.74, 6) is 0. The van der Waals surface area contributed by atoms with Crippen molar-refractivity contribution in [2.24, 2.45) is 7.05 Å². The van der Waals surface area contributed by atoms with Crippen LogP contribution in [0.3, 0.4) is 0 Å². The number of nitrogens with zero attached hydrogens (tertiary/aromatic N) is 4. The van der Waals surface area contributed by atoms with E-state index in [1.165, 1.54) is 17.5 Å². The van der Waals surface area contributed by atoms with E-state index in [1.807, 2.05) is 32.4 Å². The number of aryl methyl sites for hydroxylation is 2. The van der Waals surface area contributed by atoms with Gasteiger partial charge in [-0.3, -0.25) is 14.6 Å². The zero-order valence-electron chi connectivity index (χ0n) is 12.8. The molecule has 0 N–H and O–H groups in total. The van der Waals surface area contributed by atoms with Gasteiger partial charge < -0.3 is 0 Å². The minimum atomic E-state index is 0.335. The fourth-order valence-electron chi connectivity index (χ4n) is 3.40. The maximum Gasteiger partial charge on any atom is 0.131 e. The highest BCUT2D eigenvalue weighted by Gasteiger charge is 2.34. The Hall–Kier alpha value is -1.39. The summed E-state index contributed by atoms with van der Waals surface area (Å²) < 4.78 is 1.78. The largest absolute Gasteiger partial charge is 0.289 e. The molecule has 4 nitrogen and oxygen atoms in total. The molecule has 2 aromatic heterocycles. The molecule has 0 aromatic carbocycles. The first-order valence-electron chi connectivity index (χ1n) is 7.44. The Morgan fingerprint density at radius 2 is 2.24 bits per heavy atom. The minimum absolute atomic E-state index is 0.335. The molecule has 0 radical (unpaired) electrons. The maximum absolute atomic E-state index is 6.47. The minimum Gasteiger partial charge on any atom is -0.289 e. The van der Waals surface area contributed by atoms with Gasteiger partial charge in [-0.15, -0.1) is 0 Å². The first kappa shape index (κ1) is 14.5. The van der Waals surface area contributed by atoms with Crippen LogP contribution in [0.15, 0.2) is 24.5 Å². The molecule has 0 spiro atoms. The van der Waals surface area contributed by atoms with Gasteiger partial charge in [-0.1, -0.05) is 17.7 Å². The van der Waals surface area contributed by atoms with Crippen LogP contribution >= 0.6 is 11.6 Å². The standard InChI is InChI=1S/C16H21ClN4/c1-11-15(16(17)20(3)19-11)14-7-5-9-21(14)12(2)13-6-4-8-18-10-13/h4,6,8,10,12,14H,5,7,9H2,1-3H3. The van der Waals surface area contributed by atoms with Crippen LogP contribution in [0.25, 0.3) is 0 Å². The van der Waals surface area contributed by atoms with Crippen molar-refractivity contribution in [3.8, 4) is 0 Å². The number of rotatable bonds is 3. The van der Waals surface area contributed by atoms with Gasteiger partial charge in [0.15, 0.2) is 0 Å². The van der Waals surface area contributed by atoms with Gasteiger partial charge in [0.1, 0.15) is 5.15 Å². The van der Waals surface area contributed by atoms with Crippen LogP contribution < -0.4 is 0 Å². The van der Waals surface area contributed by atoms with Gasteiger partial charge in [0.25, 0.3) is 0 Å². The van der Waals surface area contributed by atoms with Gasteiger partial charge in [0.05, 0.1) is 5.69 Å². The number of hydrogen-bond acceptors (Lipinski definition) is 3. The molecule has 0 amide bonds. The van der Waals surface area contributed by atoms with Crippen LogP contribution in [0.5, 0.6) is 0 Å². The van der Waals surface area contributed by atoms with E-state index in [-0.39, 0.29) is 0 Å². The van der Waals surface area contributed by atoms with Crippen molar-refractivity contribution >= 4 is 11.6 Å². The molecule has 0 bridgehead atoms. The van der Waals surface area contributed by atoms with Crippen molar-refractivity contribution in [2.75, 3.05) is 6.54 Å². The van der Waals surface area contributed by atoms with Gasteiger partial charge in [0.2, 0.25) is 0 Å².